The summed E-state index contributed by atoms with van der Waals surface area (Å²) in [5.41, 5.74) is 1.43. The molecule has 4 nitrogen and oxygen atoms in total. The topological polar surface area (TPSA) is 56.0 Å². The molecule has 0 saturated carbocycles. The first-order chi connectivity index (χ1) is 8.75. The highest BCUT2D eigenvalue weighted by Crippen LogP contribution is 2.21. The fourth-order valence-corrected chi connectivity index (χ4v) is 1.83. The van der Waals surface area contributed by atoms with Gasteiger partial charge in [0.2, 0.25) is 11.5 Å². The number of rotatable bonds is 2. The van der Waals surface area contributed by atoms with E-state index in [2.05, 4.69) is 10.1 Å². The Hall–Kier alpha value is -2.20. The van der Waals surface area contributed by atoms with E-state index in [1.807, 2.05) is 6.07 Å². The third-order valence-corrected chi connectivity index (χ3v) is 2.73. The Balaban J connectivity index is 2.13. The summed E-state index contributed by atoms with van der Waals surface area (Å²) >= 11 is 5.80. The van der Waals surface area contributed by atoms with E-state index in [1.165, 1.54) is 6.20 Å². The maximum atomic E-state index is 12.2. The van der Waals surface area contributed by atoms with Crippen LogP contribution in [0.25, 0.3) is 11.0 Å². The van der Waals surface area contributed by atoms with E-state index in [0.29, 0.717) is 21.6 Å². The number of carbonyl (C=O) groups excluding carboxylic acids is 1. The average Bonchev–Trinajstić information content (AvgIpc) is 2.81. The van der Waals surface area contributed by atoms with Crippen LogP contribution >= 0.6 is 11.6 Å². The number of halogens is 1. The smallest absolute Gasteiger partial charge is 0.233 e. The third kappa shape index (κ3) is 1.76. The molecule has 0 radical (unpaired) electrons. The van der Waals surface area contributed by atoms with Gasteiger partial charge >= 0.3 is 0 Å². The molecule has 0 fully saturated rings. The van der Waals surface area contributed by atoms with Crippen LogP contribution in [0.15, 0.2) is 47.1 Å². The molecular weight excluding hydrogens is 252 g/mol. The number of nitrogens with zero attached hydrogens (tertiary/aromatic N) is 2. The molecule has 5 heteroatoms. The van der Waals surface area contributed by atoms with Crippen molar-refractivity contribution in [2.24, 2.45) is 0 Å². The van der Waals surface area contributed by atoms with Gasteiger partial charge in [0.1, 0.15) is 11.0 Å². The van der Waals surface area contributed by atoms with Crippen molar-refractivity contribution in [2.75, 3.05) is 0 Å². The summed E-state index contributed by atoms with van der Waals surface area (Å²) in [6, 6.07) is 10.5. The van der Waals surface area contributed by atoms with Gasteiger partial charge in [-0.25, -0.2) is 4.98 Å². The Morgan fingerprint density at radius 2 is 2.00 bits per heavy atom. The second kappa shape index (κ2) is 4.23. The molecule has 88 valence electrons. The summed E-state index contributed by atoms with van der Waals surface area (Å²) in [4.78, 5) is 16.3. The summed E-state index contributed by atoms with van der Waals surface area (Å²) in [6.45, 7) is 0. The minimum atomic E-state index is -0.243. The van der Waals surface area contributed by atoms with E-state index in [0.717, 1.165) is 0 Å². The lowest BCUT2D eigenvalue weighted by Gasteiger charge is -1.96. The minimum absolute atomic E-state index is 0.132. The molecule has 3 aromatic rings. The van der Waals surface area contributed by atoms with Crippen molar-refractivity contribution in [1.29, 1.82) is 0 Å². The summed E-state index contributed by atoms with van der Waals surface area (Å²) in [6.07, 6.45) is 1.46. The molecule has 0 amide bonds. The molecular formula is C13H7ClN2O2. The van der Waals surface area contributed by atoms with Gasteiger partial charge in [0, 0.05) is 11.8 Å². The molecule has 0 aliphatic rings. The van der Waals surface area contributed by atoms with Gasteiger partial charge in [-0.15, -0.1) is 0 Å². The maximum absolute atomic E-state index is 12.2. The Kier molecular flexibility index (Phi) is 2.57. The van der Waals surface area contributed by atoms with Gasteiger partial charge in [0.25, 0.3) is 0 Å². The van der Waals surface area contributed by atoms with Crippen LogP contribution in [0.5, 0.6) is 0 Å². The molecule has 0 N–H and O–H groups in total. The normalized spacial score (nSPS) is 10.7. The highest BCUT2D eigenvalue weighted by molar-refractivity contribution is 6.31. The van der Waals surface area contributed by atoms with Crippen molar-refractivity contribution in [3.05, 3.63) is 58.9 Å². The van der Waals surface area contributed by atoms with E-state index in [9.17, 15) is 4.79 Å². The minimum Gasteiger partial charge on any atom is -0.350 e. The molecule has 0 aliphatic carbocycles. The maximum Gasteiger partial charge on any atom is 0.233 e. The first kappa shape index (κ1) is 10.9. The summed E-state index contributed by atoms with van der Waals surface area (Å²) in [7, 11) is 0. The first-order valence-corrected chi connectivity index (χ1v) is 5.64. The summed E-state index contributed by atoms with van der Waals surface area (Å²) in [5.74, 6) is -0.110. The van der Waals surface area contributed by atoms with Crippen LogP contribution in [-0.2, 0) is 0 Å². The molecule has 3 rings (SSSR count). The van der Waals surface area contributed by atoms with Crippen LogP contribution in [0, 0.1) is 0 Å². The molecule has 0 bridgehead atoms. The van der Waals surface area contributed by atoms with Gasteiger partial charge in [0.05, 0.1) is 5.02 Å². The molecule has 2 aromatic heterocycles. The monoisotopic (exact) mass is 258 g/mol. The number of hydrogen-bond acceptors (Lipinski definition) is 4. The largest absolute Gasteiger partial charge is 0.350 e. The molecule has 0 saturated heterocycles. The van der Waals surface area contributed by atoms with Crippen LogP contribution in [-0.4, -0.2) is 15.9 Å². The molecule has 18 heavy (non-hydrogen) atoms. The number of ketones is 1. The zero-order valence-corrected chi connectivity index (χ0v) is 9.89. The van der Waals surface area contributed by atoms with Crippen molar-refractivity contribution in [1.82, 2.24) is 10.1 Å². The van der Waals surface area contributed by atoms with Crippen molar-refractivity contribution in [3.63, 3.8) is 0 Å². The van der Waals surface area contributed by atoms with E-state index in [4.69, 9.17) is 16.1 Å². The van der Waals surface area contributed by atoms with Gasteiger partial charge < -0.3 is 4.52 Å². The zero-order chi connectivity index (χ0) is 12.5. The van der Waals surface area contributed by atoms with Gasteiger partial charge in [0.15, 0.2) is 0 Å². The number of carbonyl (C=O) groups is 1. The second-order valence-electron chi connectivity index (χ2n) is 3.73. The second-order valence-corrected chi connectivity index (χ2v) is 4.16. The predicted octanol–water partition coefficient (Wildman–Crippen LogP) is 3.11. The van der Waals surface area contributed by atoms with Crippen LogP contribution in [0.2, 0.25) is 5.02 Å². The van der Waals surface area contributed by atoms with Gasteiger partial charge in [-0.3, -0.25) is 4.79 Å². The predicted molar refractivity (Wildman–Crippen MR) is 66.7 cm³/mol. The third-order valence-electron chi connectivity index (χ3n) is 2.53. The Morgan fingerprint density at radius 1 is 1.22 bits per heavy atom. The van der Waals surface area contributed by atoms with Crippen molar-refractivity contribution in [2.45, 2.75) is 0 Å². The lowest BCUT2D eigenvalue weighted by molar-refractivity contribution is 0.100. The van der Waals surface area contributed by atoms with Crippen molar-refractivity contribution in [3.8, 4) is 0 Å². The summed E-state index contributed by atoms with van der Waals surface area (Å²) < 4.78 is 5.07. The molecule has 0 atom stereocenters. The Labute approximate surface area is 107 Å². The SMILES string of the molecule is O=C(c1ccccc1)c1onc2cc(Cl)cnc12. The van der Waals surface area contributed by atoms with Crippen molar-refractivity contribution < 1.29 is 9.32 Å². The molecule has 1 aromatic carbocycles. The number of fused-ring (bicyclic) bond motifs is 1. The molecule has 0 spiro atoms. The van der Waals surface area contributed by atoms with E-state index < -0.39 is 0 Å². The zero-order valence-electron chi connectivity index (χ0n) is 9.13. The Bertz CT molecular complexity index is 722. The highest BCUT2D eigenvalue weighted by atomic mass is 35.5. The molecule has 0 unspecified atom stereocenters. The highest BCUT2D eigenvalue weighted by Gasteiger charge is 2.19. The van der Waals surface area contributed by atoms with Gasteiger partial charge in [-0.05, 0) is 6.07 Å². The number of benzene rings is 1. The average molecular weight is 259 g/mol. The quantitative estimate of drug-likeness (QED) is 0.663. The number of pyridine rings is 1. The van der Waals surface area contributed by atoms with Crippen molar-refractivity contribution >= 4 is 28.4 Å². The van der Waals surface area contributed by atoms with Crippen LogP contribution < -0.4 is 0 Å². The lowest BCUT2D eigenvalue weighted by atomic mass is 10.1. The fraction of sp³-hybridized carbons (Fsp3) is 0. The lowest BCUT2D eigenvalue weighted by Crippen LogP contribution is -2.00. The number of aromatic nitrogens is 2. The van der Waals surface area contributed by atoms with Crippen LogP contribution in [0.3, 0.4) is 0 Å². The summed E-state index contributed by atoms with van der Waals surface area (Å²) in [5, 5.41) is 4.24. The van der Waals surface area contributed by atoms with E-state index in [1.54, 1.807) is 30.3 Å². The van der Waals surface area contributed by atoms with Gasteiger partial charge in [-0.1, -0.05) is 47.1 Å². The molecule has 0 aliphatic heterocycles. The van der Waals surface area contributed by atoms with Gasteiger partial charge in [-0.2, -0.15) is 0 Å². The van der Waals surface area contributed by atoms with E-state index >= 15 is 0 Å². The Morgan fingerprint density at radius 3 is 2.78 bits per heavy atom. The molecule has 2 heterocycles. The standard InChI is InChI=1S/C13H7ClN2O2/c14-9-6-10-11(15-7-9)13(18-16-10)12(17)8-4-2-1-3-5-8/h1-7H. The number of hydrogen-bond donors (Lipinski definition) is 0. The fourth-order valence-electron chi connectivity index (χ4n) is 1.68. The van der Waals surface area contributed by atoms with Crippen LogP contribution in [0.4, 0.5) is 0 Å². The first-order valence-electron chi connectivity index (χ1n) is 5.26. The van der Waals surface area contributed by atoms with Crippen LogP contribution in [0.1, 0.15) is 16.1 Å². The van der Waals surface area contributed by atoms with E-state index in [-0.39, 0.29) is 11.5 Å².